The van der Waals surface area contributed by atoms with Gasteiger partial charge in [-0.3, -0.25) is 0 Å². The molecular weight excluding hydrogens is 342 g/mol. The van der Waals surface area contributed by atoms with E-state index in [0.717, 1.165) is 26.1 Å². The van der Waals surface area contributed by atoms with Crippen molar-refractivity contribution in [3.63, 3.8) is 0 Å². The largest absolute Gasteiger partial charge is 0.387 e. The first-order chi connectivity index (χ1) is 7.18. The van der Waals surface area contributed by atoms with Gasteiger partial charge in [-0.1, -0.05) is 6.42 Å². The van der Waals surface area contributed by atoms with Crippen LogP contribution in [0, 0.1) is 0 Å². The highest BCUT2D eigenvalue weighted by atomic mass is 79.9. The normalized spacial score (nSPS) is 24.1. The molecule has 2 rings (SSSR count). The van der Waals surface area contributed by atoms with Crippen LogP contribution in [0.3, 0.4) is 0 Å². The monoisotopic (exact) mass is 353 g/mol. The van der Waals surface area contributed by atoms with Crippen LogP contribution < -0.4 is 5.32 Å². The van der Waals surface area contributed by atoms with Crippen molar-refractivity contribution in [1.82, 2.24) is 5.32 Å². The zero-order valence-corrected chi connectivity index (χ0v) is 12.2. The van der Waals surface area contributed by atoms with E-state index in [2.05, 4.69) is 37.2 Å². The molecule has 0 spiro atoms. The predicted octanol–water partition coefficient (Wildman–Crippen LogP) is 3.45. The fraction of sp³-hybridized carbons (Fsp3) is 0.600. The molecular formula is C10H13Br2NOS. The molecule has 2 atom stereocenters. The molecule has 1 aliphatic heterocycles. The molecule has 1 saturated heterocycles. The average molecular weight is 355 g/mol. The van der Waals surface area contributed by atoms with Crippen LogP contribution in [0.15, 0.2) is 13.6 Å². The van der Waals surface area contributed by atoms with Crippen LogP contribution in [0.25, 0.3) is 0 Å². The third-order valence-electron chi connectivity index (χ3n) is 2.73. The van der Waals surface area contributed by atoms with Gasteiger partial charge in [0.05, 0.1) is 13.7 Å². The number of hydrogen-bond acceptors (Lipinski definition) is 3. The van der Waals surface area contributed by atoms with Crippen LogP contribution in [0.5, 0.6) is 0 Å². The lowest BCUT2D eigenvalue weighted by Crippen LogP contribution is -2.38. The number of nitrogens with one attached hydrogen (secondary N) is 1. The Hall–Kier alpha value is 0.580. The van der Waals surface area contributed by atoms with E-state index in [4.69, 9.17) is 0 Å². The molecule has 0 radical (unpaired) electrons. The summed E-state index contributed by atoms with van der Waals surface area (Å²) in [5, 5.41) is 13.6. The second kappa shape index (κ2) is 5.27. The summed E-state index contributed by atoms with van der Waals surface area (Å²) in [7, 11) is 0. The molecule has 2 heterocycles. The van der Waals surface area contributed by atoms with Gasteiger partial charge in [-0.25, -0.2) is 0 Å². The number of rotatable bonds is 2. The van der Waals surface area contributed by atoms with Crippen molar-refractivity contribution in [2.75, 3.05) is 6.54 Å². The minimum absolute atomic E-state index is 0.205. The molecule has 1 aromatic rings. The molecule has 0 aliphatic carbocycles. The average Bonchev–Trinajstić information content (AvgIpc) is 2.58. The van der Waals surface area contributed by atoms with E-state index in [9.17, 15) is 5.11 Å². The van der Waals surface area contributed by atoms with Crippen LogP contribution in [-0.4, -0.2) is 17.7 Å². The summed E-state index contributed by atoms with van der Waals surface area (Å²) in [6.07, 6.45) is 3.08. The van der Waals surface area contributed by atoms with Crippen LogP contribution in [-0.2, 0) is 0 Å². The van der Waals surface area contributed by atoms with E-state index in [0.29, 0.717) is 0 Å². The maximum atomic E-state index is 10.2. The molecule has 1 aromatic heterocycles. The highest BCUT2D eigenvalue weighted by Crippen LogP contribution is 2.37. The molecule has 2 unspecified atom stereocenters. The summed E-state index contributed by atoms with van der Waals surface area (Å²) in [5.74, 6) is 0. The minimum Gasteiger partial charge on any atom is -0.387 e. The second-order valence-electron chi connectivity index (χ2n) is 3.78. The van der Waals surface area contributed by atoms with Gasteiger partial charge in [0.1, 0.15) is 0 Å². The van der Waals surface area contributed by atoms with E-state index in [-0.39, 0.29) is 6.04 Å². The van der Waals surface area contributed by atoms with Crippen molar-refractivity contribution in [1.29, 1.82) is 0 Å². The fourth-order valence-electron chi connectivity index (χ4n) is 1.92. The molecule has 5 heteroatoms. The molecule has 15 heavy (non-hydrogen) atoms. The van der Waals surface area contributed by atoms with Gasteiger partial charge in [0, 0.05) is 11.6 Å². The van der Waals surface area contributed by atoms with Gasteiger partial charge in [0.15, 0.2) is 0 Å². The zero-order chi connectivity index (χ0) is 10.8. The quantitative estimate of drug-likeness (QED) is 0.852. The Bertz CT molecular complexity index is 336. The van der Waals surface area contributed by atoms with Gasteiger partial charge < -0.3 is 10.4 Å². The topological polar surface area (TPSA) is 32.3 Å². The van der Waals surface area contributed by atoms with Gasteiger partial charge in [0.25, 0.3) is 0 Å². The molecule has 0 bridgehead atoms. The summed E-state index contributed by atoms with van der Waals surface area (Å²) in [5.41, 5.74) is 0.992. The van der Waals surface area contributed by atoms with Crippen molar-refractivity contribution >= 4 is 43.2 Å². The van der Waals surface area contributed by atoms with Crippen molar-refractivity contribution < 1.29 is 5.11 Å². The Morgan fingerprint density at radius 2 is 2.27 bits per heavy atom. The first-order valence-electron chi connectivity index (χ1n) is 5.04. The Morgan fingerprint density at radius 1 is 1.47 bits per heavy atom. The van der Waals surface area contributed by atoms with Crippen LogP contribution in [0.4, 0.5) is 0 Å². The summed E-state index contributed by atoms with van der Waals surface area (Å²) < 4.78 is 2.08. The summed E-state index contributed by atoms with van der Waals surface area (Å²) in [6, 6.07) is 2.20. The number of aliphatic hydroxyl groups excluding tert-OH is 1. The van der Waals surface area contributed by atoms with Crippen molar-refractivity contribution in [3.8, 4) is 0 Å². The summed E-state index contributed by atoms with van der Waals surface area (Å²) in [4.78, 5) is 0. The summed E-state index contributed by atoms with van der Waals surface area (Å²) in [6.45, 7) is 1.02. The molecule has 2 nitrogen and oxygen atoms in total. The molecule has 84 valence electrons. The minimum atomic E-state index is -0.401. The lowest BCUT2D eigenvalue weighted by Gasteiger charge is -2.27. The Kier molecular flexibility index (Phi) is 4.24. The third-order valence-corrected chi connectivity index (χ3v) is 5.12. The molecule has 0 amide bonds. The van der Waals surface area contributed by atoms with Crippen LogP contribution in [0.1, 0.15) is 30.9 Å². The first kappa shape index (κ1) is 12.0. The zero-order valence-electron chi connectivity index (χ0n) is 8.17. The summed E-state index contributed by atoms with van der Waals surface area (Å²) >= 11 is 8.52. The van der Waals surface area contributed by atoms with E-state index < -0.39 is 6.10 Å². The Labute approximate surface area is 110 Å². The molecule has 2 N–H and O–H groups in total. The lowest BCUT2D eigenvalue weighted by atomic mass is 9.96. The number of hydrogen-bond donors (Lipinski definition) is 2. The van der Waals surface area contributed by atoms with Crippen molar-refractivity contribution in [2.45, 2.75) is 31.4 Å². The predicted molar refractivity (Wildman–Crippen MR) is 70.3 cm³/mol. The number of aliphatic hydroxyl groups is 1. The maximum absolute atomic E-state index is 10.2. The van der Waals surface area contributed by atoms with Crippen LogP contribution in [0.2, 0.25) is 0 Å². The van der Waals surface area contributed by atoms with E-state index in [1.54, 1.807) is 11.3 Å². The van der Waals surface area contributed by atoms with Gasteiger partial charge in [-0.05, 0) is 57.3 Å². The highest BCUT2D eigenvalue weighted by molar-refractivity contribution is 9.12. The number of piperidine rings is 1. The van der Waals surface area contributed by atoms with Gasteiger partial charge >= 0.3 is 0 Å². The molecule has 0 saturated carbocycles. The second-order valence-corrected chi connectivity index (χ2v) is 7.53. The van der Waals surface area contributed by atoms with E-state index in [1.807, 2.05) is 6.07 Å². The first-order valence-corrected chi connectivity index (χ1v) is 7.45. The maximum Gasteiger partial charge on any atom is 0.0962 e. The fourth-order valence-corrected chi connectivity index (χ4v) is 4.83. The molecule has 1 fully saturated rings. The van der Waals surface area contributed by atoms with Gasteiger partial charge in [-0.2, -0.15) is 0 Å². The third kappa shape index (κ3) is 2.82. The van der Waals surface area contributed by atoms with E-state index >= 15 is 0 Å². The number of thiophene rings is 1. The molecule has 0 aromatic carbocycles. The van der Waals surface area contributed by atoms with Crippen molar-refractivity contribution in [2.24, 2.45) is 0 Å². The standard InChI is InChI=1S/C10H13Br2NOS/c11-8-5-6(10(12)15-8)9(14)7-3-1-2-4-13-7/h5,7,9,13-14H,1-4H2. The lowest BCUT2D eigenvalue weighted by molar-refractivity contribution is 0.113. The molecule has 1 aliphatic rings. The van der Waals surface area contributed by atoms with Crippen LogP contribution >= 0.6 is 43.2 Å². The van der Waals surface area contributed by atoms with Crippen molar-refractivity contribution in [3.05, 3.63) is 19.2 Å². The number of halogens is 2. The highest BCUT2D eigenvalue weighted by Gasteiger charge is 2.25. The smallest absolute Gasteiger partial charge is 0.0962 e. The van der Waals surface area contributed by atoms with Gasteiger partial charge in [-0.15, -0.1) is 11.3 Å². The van der Waals surface area contributed by atoms with E-state index in [1.165, 1.54) is 12.8 Å². The Morgan fingerprint density at radius 3 is 2.80 bits per heavy atom. The Balaban J connectivity index is 2.12. The SMILES string of the molecule is OC(c1cc(Br)sc1Br)C1CCCCN1. The van der Waals surface area contributed by atoms with Gasteiger partial charge in [0.2, 0.25) is 0 Å².